The van der Waals surface area contributed by atoms with E-state index in [1.54, 1.807) is 7.11 Å². The monoisotopic (exact) mass is 342 g/mol. The fraction of sp³-hybridized carbons (Fsp3) is 0.450. The predicted molar refractivity (Wildman–Crippen MR) is 98.0 cm³/mol. The van der Waals surface area contributed by atoms with Gasteiger partial charge < -0.3 is 9.64 Å². The Kier molecular flexibility index (Phi) is 4.13. The molecule has 2 saturated carbocycles. The molecule has 1 aromatic heterocycles. The van der Waals surface area contributed by atoms with Crippen LogP contribution in [0.25, 0.3) is 0 Å². The molecule has 24 heavy (non-hydrogen) atoms. The van der Waals surface area contributed by atoms with Gasteiger partial charge in [0.2, 0.25) is 0 Å². The molecular weight excluding hydrogens is 320 g/mol. The van der Waals surface area contributed by atoms with E-state index in [0.717, 1.165) is 28.3 Å². The van der Waals surface area contributed by atoms with Gasteiger partial charge in [-0.05, 0) is 61.4 Å². The van der Waals surface area contributed by atoms with Crippen LogP contribution in [0.4, 0.5) is 5.69 Å². The van der Waals surface area contributed by atoms with Gasteiger partial charge in [0.1, 0.15) is 5.75 Å². The number of methoxy groups -OCH3 is 1. The summed E-state index contributed by atoms with van der Waals surface area (Å²) < 4.78 is 5.59. The zero-order valence-corrected chi connectivity index (χ0v) is 14.9. The summed E-state index contributed by atoms with van der Waals surface area (Å²) in [6.07, 6.45) is 5.85. The van der Waals surface area contributed by atoms with Crippen molar-refractivity contribution in [2.24, 2.45) is 11.8 Å². The van der Waals surface area contributed by atoms with Gasteiger partial charge in [-0.3, -0.25) is 4.98 Å². The Morgan fingerprint density at radius 3 is 2.75 bits per heavy atom. The summed E-state index contributed by atoms with van der Waals surface area (Å²) >= 11 is 6.26. The maximum atomic E-state index is 6.26. The average Bonchev–Trinajstić information content (AvgIpc) is 3.23. The molecule has 2 aromatic rings. The normalized spacial score (nSPS) is 28.1. The summed E-state index contributed by atoms with van der Waals surface area (Å²) in [5.74, 6) is 2.82. The van der Waals surface area contributed by atoms with Crippen molar-refractivity contribution in [1.82, 2.24) is 4.98 Å². The van der Waals surface area contributed by atoms with E-state index in [-0.39, 0.29) is 0 Å². The highest BCUT2D eigenvalue weighted by Crippen LogP contribution is 2.55. The van der Waals surface area contributed by atoms with E-state index < -0.39 is 0 Å². The SMILES string of the molecule is COc1ccc(Cl)cc1N(C)C1C2CCC(C2)C1c1ccccn1. The lowest BCUT2D eigenvalue weighted by Gasteiger charge is -2.39. The fourth-order valence-electron chi connectivity index (χ4n) is 4.91. The highest BCUT2D eigenvalue weighted by Gasteiger charge is 2.50. The van der Waals surface area contributed by atoms with Gasteiger partial charge in [0.05, 0.1) is 12.8 Å². The molecule has 4 atom stereocenters. The minimum absolute atomic E-state index is 0.450. The number of anilines is 1. The van der Waals surface area contributed by atoms with Crippen LogP contribution >= 0.6 is 11.6 Å². The van der Waals surface area contributed by atoms with E-state index in [2.05, 4.69) is 29.1 Å². The molecule has 1 aromatic carbocycles. The minimum atomic E-state index is 0.450. The first-order valence-corrected chi connectivity index (χ1v) is 9.04. The van der Waals surface area contributed by atoms with Gasteiger partial charge in [-0.25, -0.2) is 0 Å². The van der Waals surface area contributed by atoms with Crippen LogP contribution < -0.4 is 9.64 Å². The average molecular weight is 343 g/mol. The summed E-state index contributed by atoms with van der Waals surface area (Å²) in [6, 6.07) is 12.6. The molecule has 0 N–H and O–H groups in total. The molecule has 4 unspecified atom stereocenters. The van der Waals surface area contributed by atoms with E-state index in [1.807, 2.05) is 30.5 Å². The van der Waals surface area contributed by atoms with Crippen LogP contribution in [0.1, 0.15) is 30.9 Å². The van der Waals surface area contributed by atoms with Gasteiger partial charge in [0, 0.05) is 35.9 Å². The number of pyridine rings is 1. The Balaban J connectivity index is 1.72. The van der Waals surface area contributed by atoms with E-state index in [4.69, 9.17) is 16.3 Å². The van der Waals surface area contributed by atoms with E-state index in [1.165, 1.54) is 25.0 Å². The maximum absolute atomic E-state index is 6.26. The second-order valence-electron chi connectivity index (χ2n) is 7.03. The van der Waals surface area contributed by atoms with Crippen molar-refractivity contribution in [3.63, 3.8) is 0 Å². The molecule has 2 aliphatic carbocycles. The number of rotatable bonds is 4. The van der Waals surface area contributed by atoms with Gasteiger partial charge >= 0.3 is 0 Å². The Hall–Kier alpha value is -1.74. The van der Waals surface area contributed by atoms with Gasteiger partial charge in [-0.2, -0.15) is 0 Å². The molecule has 4 heteroatoms. The zero-order chi connectivity index (χ0) is 16.7. The van der Waals surface area contributed by atoms with Crippen molar-refractivity contribution in [2.75, 3.05) is 19.1 Å². The third-order valence-electron chi connectivity index (χ3n) is 5.87. The lowest BCUT2D eigenvalue weighted by Crippen LogP contribution is -2.41. The molecule has 2 bridgehead atoms. The van der Waals surface area contributed by atoms with Crippen LogP contribution in [0.2, 0.25) is 5.02 Å². The van der Waals surface area contributed by atoms with Crippen molar-refractivity contribution in [3.05, 3.63) is 53.3 Å². The van der Waals surface area contributed by atoms with Crippen molar-refractivity contribution >= 4 is 17.3 Å². The smallest absolute Gasteiger partial charge is 0.142 e. The number of nitrogens with zero attached hydrogens (tertiary/aromatic N) is 2. The van der Waals surface area contributed by atoms with Crippen LogP contribution in [-0.2, 0) is 0 Å². The van der Waals surface area contributed by atoms with E-state index in [0.29, 0.717) is 12.0 Å². The number of ether oxygens (including phenoxy) is 1. The van der Waals surface area contributed by atoms with Crippen LogP contribution in [-0.4, -0.2) is 25.2 Å². The predicted octanol–water partition coefficient (Wildman–Crippen LogP) is 4.76. The quantitative estimate of drug-likeness (QED) is 0.800. The number of benzene rings is 1. The summed E-state index contributed by atoms with van der Waals surface area (Å²) in [5.41, 5.74) is 2.30. The maximum Gasteiger partial charge on any atom is 0.142 e. The molecule has 3 nitrogen and oxygen atoms in total. The molecule has 0 aliphatic heterocycles. The molecular formula is C20H23ClN2O. The number of aromatic nitrogens is 1. The molecule has 0 amide bonds. The standard InChI is InChI=1S/C20H23ClN2O/c1-23(17-12-15(21)8-9-18(17)24-2)20-14-7-6-13(11-14)19(20)16-5-3-4-10-22-16/h3-5,8-10,12-14,19-20H,6-7,11H2,1-2H3. The van der Waals surface area contributed by atoms with Gasteiger partial charge in [0.25, 0.3) is 0 Å². The molecule has 0 spiro atoms. The number of hydrogen-bond acceptors (Lipinski definition) is 3. The summed E-state index contributed by atoms with van der Waals surface area (Å²) in [5, 5.41) is 0.746. The first kappa shape index (κ1) is 15.8. The second kappa shape index (κ2) is 6.29. The van der Waals surface area contributed by atoms with Crippen molar-refractivity contribution in [3.8, 4) is 5.75 Å². The zero-order valence-electron chi connectivity index (χ0n) is 14.2. The fourth-order valence-corrected chi connectivity index (χ4v) is 5.07. The lowest BCUT2D eigenvalue weighted by atomic mass is 9.81. The summed E-state index contributed by atoms with van der Waals surface area (Å²) in [4.78, 5) is 7.06. The molecule has 2 aliphatic rings. The van der Waals surface area contributed by atoms with Crippen molar-refractivity contribution in [1.29, 1.82) is 0 Å². The first-order chi connectivity index (χ1) is 11.7. The second-order valence-corrected chi connectivity index (χ2v) is 7.47. The Morgan fingerprint density at radius 1 is 1.17 bits per heavy atom. The molecule has 0 radical (unpaired) electrons. The Morgan fingerprint density at radius 2 is 2.00 bits per heavy atom. The molecule has 1 heterocycles. The van der Waals surface area contributed by atoms with E-state index in [9.17, 15) is 0 Å². The molecule has 126 valence electrons. The number of hydrogen-bond donors (Lipinski definition) is 0. The Labute approximate surface area is 148 Å². The van der Waals surface area contributed by atoms with Crippen LogP contribution in [0.15, 0.2) is 42.6 Å². The van der Waals surface area contributed by atoms with Crippen LogP contribution in [0, 0.1) is 11.8 Å². The largest absolute Gasteiger partial charge is 0.495 e. The highest BCUT2D eigenvalue weighted by atomic mass is 35.5. The molecule has 4 rings (SSSR count). The molecule has 2 fully saturated rings. The van der Waals surface area contributed by atoms with Crippen LogP contribution in [0.5, 0.6) is 5.75 Å². The third-order valence-corrected chi connectivity index (χ3v) is 6.11. The third kappa shape index (κ3) is 2.55. The van der Waals surface area contributed by atoms with E-state index >= 15 is 0 Å². The number of fused-ring (bicyclic) bond motifs is 2. The lowest BCUT2D eigenvalue weighted by molar-refractivity contribution is 0.346. The van der Waals surface area contributed by atoms with Crippen molar-refractivity contribution < 1.29 is 4.74 Å². The topological polar surface area (TPSA) is 25.4 Å². The van der Waals surface area contributed by atoms with Gasteiger partial charge in [-0.15, -0.1) is 0 Å². The first-order valence-electron chi connectivity index (χ1n) is 8.66. The minimum Gasteiger partial charge on any atom is -0.495 e. The van der Waals surface area contributed by atoms with Gasteiger partial charge in [-0.1, -0.05) is 17.7 Å². The number of likely N-dealkylation sites (N-methyl/N-ethyl adjacent to an activating group) is 1. The number of halogens is 1. The van der Waals surface area contributed by atoms with Crippen LogP contribution in [0.3, 0.4) is 0 Å². The Bertz CT molecular complexity index is 721. The summed E-state index contributed by atoms with van der Waals surface area (Å²) in [7, 11) is 3.90. The van der Waals surface area contributed by atoms with Gasteiger partial charge in [0.15, 0.2) is 0 Å². The molecule has 0 saturated heterocycles. The highest BCUT2D eigenvalue weighted by molar-refractivity contribution is 6.30. The summed E-state index contributed by atoms with van der Waals surface area (Å²) in [6.45, 7) is 0. The van der Waals surface area contributed by atoms with Crippen molar-refractivity contribution in [2.45, 2.75) is 31.2 Å².